The zero-order valence-electron chi connectivity index (χ0n) is 10.7. The summed E-state index contributed by atoms with van der Waals surface area (Å²) in [5.74, 6) is -0.817. The predicted molar refractivity (Wildman–Crippen MR) is 78.9 cm³/mol. The molecule has 0 fully saturated rings. The Hall–Kier alpha value is -2.27. The highest BCUT2D eigenvalue weighted by molar-refractivity contribution is 6.33. The van der Waals surface area contributed by atoms with E-state index in [2.05, 4.69) is 10.6 Å². The van der Waals surface area contributed by atoms with Crippen molar-refractivity contribution in [1.29, 1.82) is 0 Å². The first-order valence-corrected chi connectivity index (χ1v) is 6.23. The second-order valence-electron chi connectivity index (χ2n) is 4.11. The minimum Gasteiger partial charge on any atom is -0.399 e. The van der Waals surface area contributed by atoms with Crippen LogP contribution in [0.5, 0.6) is 0 Å². The van der Waals surface area contributed by atoms with Crippen molar-refractivity contribution in [3.63, 3.8) is 0 Å². The molecule has 0 saturated heterocycles. The van der Waals surface area contributed by atoms with Gasteiger partial charge in [-0.15, -0.1) is 0 Å². The van der Waals surface area contributed by atoms with Crippen LogP contribution in [0.15, 0.2) is 36.4 Å². The van der Waals surface area contributed by atoms with Gasteiger partial charge >= 0.3 is 0 Å². The van der Waals surface area contributed by atoms with Crippen molar-refractivity contribution in [1.82, 2.24) is 5.32 Å². The SMILES string of the molecule is CNC(=O)c1ccc(N)cc1Nc1c(F)cccc1Cl. The number of benzene rings is 2. The van der Waals surface area contributed by atoms with Gasteiger partial charge in [-0.25, -0.2) is 4.39 Å². The summed E-state index contributed by atoms with van der Waals surface area (Å²) in [5.41, 5.74) is 6.99. The number of nitrogen functional groups attached to an aromatic ring is 1. The fourth-order valence-electron chi connectivity index (χ4n) is 1.75. The maximum Gasteiger partial charge on any atom is 0.253 e. The van der Waals surface area contributed by atoms with Crippen LogP contribution in [0.25, 0.3) is 0 Å². The average molecular weight is 294 g/mol. The Morgan fingerprint density at radius 1 is 1.30 bits per heavy atom. The first kappa shape index (κ1) is 14.1. The third-order valence-corrected chi connectivity index (χ3v) is 3.05. The summed E-state index contributed by atoms with van der Waals surface area (Å²) in [6.45, 7) is 0. The fourth-order valence-corrected chi connectivity index (χ4v) is 1.96. The van der Waals surface area contributed by atoms with E-state index >= 15 is 0 Å². The van der Waals surface area contributed by atoms with Crippen molar-refractivity contribution < 1.29 is 9.18 Å². The van der Waals surface area contributed by atoms with Crippen LogP contribution in [0, 0.1) is 5.82 Å². The van der Waals surface area contributed by atoms with E-state index in [1.165, 1.54) is 19.2 Å². The molecule has 104 valence electrons. The Labute approximate surface area is 120 Å². The van der Waals surface area contributed by atoms with Gasteiger partial charge in [0.1, 0.15) is 5.82 Å². The summed E-state index contributed by atoms with van der Waals surface area (Å²) in [6.07, 6.45) is 0. The molecule has 0 aliphatic rings. The Kier molecular flexibility index (Phi) is 4.10. The van der Waals surface area contributed by atoms with E-state index in [1.54, 1.807) is 24.3 Å². The molecular weight excluding hydrogens is 281 g/mol. The van der Waals surface area contributed by atoms with Crippen molar-refractivity contribution in [2.45, 2.75) is 0 Å². The number of para-hydroxylation sites is 1. The molecule has 0 unspecified atom stereocenters. The first-order valence-electron chi connectivity index (χ1n) is 5.85. The molecule has 2 rings (SSSR count). The number of nitrogens with two attached hydrogens (primary N) is 1. The summed E-state index contributed by atoms with van der Waals surface area (Å²) in [5, 5.41) is 5.54. The van der Waals surface area contributed by atoms with Gasteiger partial charge in [-0.3, -0.25) is 4.79 Å². The van der Waals surface area contributed by atoms with E-state index in [9.17, 15) is 9.18 Å². The van der Waals surface area contributed by atoms with Gasteiger partial charge in [0.05, 0.1) is 22.0 Å². The molecule has 0 heterocycles. The van der Waals surface area contributed by atoms with Gasteiger partial charge in [-0.2, -0.15) is 0 Å². The van der Waals surface area contributed by atoms with Crippen molar-refractivity contribution >= 4 is 34.6 Å². The molecule has 6 heteroatoms. The number of anilines is 3. The summed E-state index contributed by atoms with van der Waals surface area (Å²) >= 11 is 5.95. The first-order chi connectivity index (χ1) is 9.52. The van der Waals surface area contributed by atoms with Gasteiger partial charge < -0.3 is 16.4 Å². The Balaban J connectivity index is 2.47. The van der Waals surface area contributed by atoms with E-state index in [1.807, 2.05) is 0 Å². The molecule has 0 aliphatic carbocycles. The lowest BCUT2D eigenvalue weighted by Gasteiger charge is -2.13. The number of halogens is 2. The maximum absolute atomic E-state index is 13.8. The molecule has 4 N–H and O–H groups in total. The van der Waals surface area contributed by atoms with Crippen LogP contribution in [-0.4, -0.2) is 13.0 Å². The topological polar surface area (TPSA) is 67.2 Å². The van der Waals surface area contributed by atoms with Crippen molar-refractivity contribution in [3.8, 4) is 0 Å². The molecule has 20 heavy (non-hydrogen) atoms. The number of nitrogens with one attached hydrogen (secondary N) is 2. The number of carbonyl (C=O) groups excluding carboxylic acids is 1. The second kappa shape index (κ2) is 5.79. The molecule has 2 aromatic carbocycles. The van der Waals surface area contributed by atoms with E-state index < -0.39 is 5.82 Å². The quantitative estimate of drug-likeness (QED) is 0.762. The fraction of sp³-hybridized carbons (Fsp3) is 0.0714. The smallest absolute Gasteiger partial charge is 0.253 e. The maximum atomic E-state index is 13.8. The lowest BCUT2D eigenvalue weighted by molar-refractivity contribution is 0.0964. The van der Waals surface area contributed by atoms with Gasteiger partial charge in [-0.05, 0) is 30.3 Å². The van der Waals surface area contributed by atoms with E-state index in [4.69, 9.17) is 17.3 Å². The molecule has 0 radical (unpaired) electrons. The molecule has 0 aliphatic heterocycles. The largest absolute Gasteiger partial charge is 0.399 e. The van der Waals surface area contributed by atoms with Crippen LogP contribution in [0.3, 0.4) is 0 Å². The minimum atomic E-state index is -0.511. The summed E-state index contributed by atoms with van der Waals surface area (Å²) < 4.78 is 13.8. The molecule has 0 aromatic heterocycles. The van der Waals surface area contributed by atoms with E-state index in [0.717, 1.165) is 0 Å². The number of amides is 1. The van der Waals surface area contributed by atoms with Gasteiger partial charge in [-0.1, -0.05) is 17.7 Å². The summed E-state index contributed by atoms with van der Waals surface area (Å²) in [6, 6.07) is 9.04. The average Bonchev–Trinajstić information content (AvgIpc) is 2.42. The molecule has 1 amide bonds. The van der Waals surface area contributed by atoms with Crippen molar-refractivity contribution in [3.05, 3.63) is 52.8 Å². The van der Waals surface area contributed by atoms with E-state index in [-0.39, 0.29) is 16.6 Å². The van der Waals surface area contributed by atoms with Crippen LogP contribution in [0.1, 0.15) is 10.4 Å². The normalized spacial score (nSPS) is 10.2. The molecule has 0 atom stereocenters. The zero-order valence-corrected chi connectivity index (χ0v) is 11.5. The third-order valence-electron chi connectivity index (χ3n) is 2.74. The second-order valence-corrected chi connectivity index (χ2v) is 4.51. The Morgan fingerprint density at radius 2 is 2.05 bits per heavy atom. The van der Waals surface area contributed by atoms with Gasteiger partial charge in [0.15, 0.2) is 0 Å². The molecule has 0 bridgehead atoms. The number of hydrogen-bond acceptors (Lipinski definition) is 3. The van der Waals surface area contributed by atoms with Crippen molar-refractivity contribution in [2.75, 3.05) is 18.1 Å². The molecule has 0 spiro atoms. The Bertz CT molecular complexity index is 641. The van der Waals surface area contributed by atoms with Crippen LogP contribution >= 0.6 is 11.6 Å². The molecule has 0 saturated carbocycles. The lowest BCUT2D eigenvalue weighted by Crippen LogP contribution is -2.19. The zero-order chi connectivity index (χ0) is 14.7. The summed E-state index contributed by atoms with van der Waals surface area (Å²) in [7, 11) is 1.51. The standard InChI is InChI=1S/C14H13ClFN3O/c1-18-14(20)9-6-5-8(17)7-12(9)19-13-10(15)3-2-4-11(13)16/h2-7,19H,17H2,1H3,(H,18,20). The van der Waals surface area contributed by atoms with Gasteiger partial charge in [0.25, 0.3) is 5.91 Å². The molecule has 4 nitrogen and oxygen atoms in total. The minimum absolute atomic E-state index is 0.102. The number of carbonyl (C=O) groups is 1. The highest BCUT2D eigenvalue weighted by atomic mass is 35.5. The van der Waals surface area contributed by atoms with Crippen molar-refractivity contribution in [2.24, 2.45) is 0 Å². The van der Waals surface area contributed by atoms with Gasteiger partial charge in [0.2, 0.25) is 0 Å². The highest BCUT2D eigenvalue weighted by Gasteiger charge is 2.13. The van der Waals surface area contributed by atoms with E-state index in [0.29, 0.717) is 16.9 Å². The molecule has 2 aromatic rings. The number of rotatable bonds is 3. The number of hydrogen-bond donors (Lipinski definition) is 3. The van der Waals surface area contributed by atoms with Crippen LogP contribution in [-0.2, 0) is 0 Å². The van der Waals surface area contributed by atoms with Crippen LogP contribution < -0.4 is 16.4 Å². The van der Waals surface area contributed by atoms with Gasteiger partial charge in [0, 0.05) is 12.7 Å². The lowest BCUT2D eigenvalue weighted by atomic mass is 10.1. The third kappa shape index (κ3) is 2.83. The highest BCUT2D eigenvalue weighted by Crippen LogP contribution is 2.30. The summed E-state index contributed by atoms with van der Waals surface area (Å²) in [4.78, 5) is 11.8. The van der Waals surface area contributed by atoms with Crippen LogP contribution in [0.2, 0.25) is 5.02 Å². The Morgan fingerprint density at radius 3 is 2.70 bits per heavy atom. The monoisotopic (exact) mass is 293 g/mol. The predicted octanol–water partition coefficient (Wildman–Crippen LogP) is 3.16. The molecular formula is C14H13ClFN3O. The van der Waals surface area contributed by atoms with Crippen LogP contribution in [0.4, 0.5) is 21.5 Å².